The zero-order valence-electron chi connectivity index (χ0n) is 8.21. The fourth-order valence-electron chi connectivity index (χ4n) is 1.44. The Balaban J connectivity index is 2.08. The molecule has 4 heteroatoms. The van der Waals surface area contributed by atoms with Crippen molar-refractivity contribution < 1.29 is 9.53 Å². The molecule has 0 aliphatic carbocycles. The highest BCUT2D eigenvalue weighted by Gasteiger charge is 2.07. The van der Waals surface area contributed by atoms with Crippen molar-refractivity contribution in [3.8, 4) is 0 Å². The number of nitrogens with one attached hydrogen (secondary N) is 1. The lowest BCUT2D eigenvalue weighted by Gasteiger charge is -2.18. The Labute approximate surface area is 79.2 Å². The summed E-state index contributed by atoms with van der Waals surface area (Å²) in [6.07, 6.45) is 1.18. The molecule has 0 aromatic carbocycles. The lowest BCUT2D eigenvalue weighted by Crippen LogP contribution is -2.31. The van der Waals surface area contributed by atoms with Gasteiger partial charge in [0.2, 0.25) is 0 Å². The van der Waals surface area contributed by atoms with Crippen LogP contribution < -0.4 is 5.32 Å². The normalized spacial score (nSPS) is 19.5. The smallest absolute Gasteiger partial charge is 0.302 e. The number of carbonyl (C=O) groups excluding carboxylic acids is 1. The van der Waals surface area contributed by atoms with Gasteiger partial charge in [-0.05, 0) is 19.5 Å². The predicted octanol–water partition coefficient (Wildman–Crippen LogP) is -0.155. The molecule has 0 unspecified atom stereocenters. The van der Waals surface area contributed by atoms with Gasteiger partial charge in [-0.25, -0.2) is 0 Å². The van der Waals surface area contributed by atoms with Crippen LogP contribution in [0, 0.1) is 0 Å². The summed E-state index contributed by atoms with van der Waals surface area (Å²) in [6.45, 7) is 7.14. The van der Waals surface area contributed by atoms with Gasteiger partial charge in [0.1, 0.15) is 6.61 Å². The third-order valence-corrected chi connectivity index (χ3v) is 2.15. The Morgan fingerprint density at radius 1 is 1.46 bits per heavy atom. The average Bonchev–Trinajstić information content (AvgIpc) is 2.32. The van der Waals surface area contributed by atoms with Crippen molar-refractivity contribution >= 4 is 5.97 Å². The molecule has 0 radical (unpaired) electrons. The highest BCUT2D eigenvalue weighted by atomic mass is 16.5. The van der Waals surface area contributed by atoms with E-state index in [1.807, 2.05) is 0 Å². The molecule has 13 heavy (non-hydrogen) atoms. The molecular formula is C9H18N2O2. The van der Waals surface area contributed by atoms with Crippen LogP contribution in [-0.2, 0) is 9.53 Å². The standard InChI is InChI=1S/C9H18N2O2/c1-9(12)13-8-7-11-5-2-3-10-4-6-11/h10H,2-8H2,1H3. The van der Waals surface area contributed by atoms with Crippen LogP contribution in [0.4, 0.5) is 0 Å². The molecule has 1 fully saturated rings. The van der Waals surface area contributed by atoms with Crippen LogP contribution >= 0.6 is 0 Å². The molecular weight excluding hydrogens is 168 g/mol. The lowest BCUT2D eigenvalue weighted by molar-refractivity contribution is -0.141. The van der Waals surface area contributed by atoms with Gasteiger partial charge >= 0.3 is 5.97 Å². The Kier molecular flexibility index (Phi) is 4.78. The van der Waals surface area contributed by atoms with Gasteiger partial charge in [0, 0.05) is 26.6 Å². The minimum absolute atomic E-state index is 0.187. The first-order chi connectivity index (χ1) is 6.29. The largest absolute Gasteiger partial charge is 0.465 e. The number of rotatable bonds is 3. The van der Waals surface area contributed by atoms with E-state index >= 15 is 0 Å². The van der Waals surface area contributed by atoms with Crippen molar-refractivity contribution in [2.75, 3.05) is 39.3 Å². The topological polar surface area (TPSA) is 41.6 Å². The summed E-state index contributed by atoms with van der Waals surface area (Å²) in [6, 6.07) is 0. The van der Waals surface area contributed by atoms with Gasteiger partial charge in [-0.15, -0.1) is 0 Å². The quantitative estimate of drug-likeness (QED) is 0.622. The van der Waals surface area contributed by atoms with Crippen molar-refractivity contribution in [2.45, 2.75) is 13.3 Å². The van der Waals surface area contributed by atoms with Gasteiger partial charge in [-0.2, -0.15) is 0 Å². The highest BCUT2D eigenvalue weighted by Crippen LogP contribution is 1.94. The van der Waals surface area contributed by atoms with Crippen LogP contribution in [0.3, 0.4) is 0 Å². The Morgan fingerprint density at radius 3 is 3.08 bits per heavy atom. The van der Waals surface area contributed by atoms with Crippen LogP contribution in [0.1, 0.15) is 13.3 Å². The molecule has 1 heterocycles. The molecule has 1 N–H and O–H groups in total. The van der Waals surface area contributed by atoms with Crippen molar-refractivity contribution in [1.29, 1.82) is 0 Å². The second kappa shape index (κ2) is 5.94. The number of carbonyl (C=O) groups is 1. The van der Waals surface area contributed by atoms with Gasteiger partial charge in [0.25, 0.3) is 0 Å². The minimum atomic E-state index is -0.187. The Bertz CT molecular complexity index is 154. The van der Waals surface area contributed by atoms with E-state index in [9.17, 15) is 4.79 Å². The maximum absolute atomic E-state index is 10.5. The van der Waals surface area contributed by atoms with Crippen LogP contribution in [-0.4, -0.2) is 50.2 Å². The molecule has 1 rings (SSSR count). The minimum Gasteiger partial charge on any atom is -0.465 e. The molecule has 0 aromatic rings. The SMILES string of the molecule is CC(=O)OCCN1CCCNCC1. The van der Waals surface area contributed by atoms with Gasteiger partial charge in [-0.3, -0.25) is 9.69 Å². The van der Waals surface area contributed by atoms with E-state index in [1.165, 1.54) is 13.3 Å². The number of hydrogen-bond acceptors (Lipinski definition) is 4. The molecule has 0 spiro atoms. The third-order valence-electron chi connectivity index (χ3n) is 2.15. The average molecular weight is 186 g/mol. The van der Waals surface area contributed by atoms with Crippen molar-refractivity contribution in [3.05, 3.63) is 0 Å². The highest BCUT2D eigenvalue weighted by molar-refractivity contribution is 5.65. The molecule has 4 nitrogen and oxygen atoms in total. The zero-order chi connectivity index (χ0) is 9.52. The van der Waals surface area contributed by atoms with E-state index in [-0.39, 0.29) is 5.97 Å². The second-order valence-electron chi connectivity index (χ2n) is 3.29. The van der Waals surface area contributed by atoms with E-state index in [0.717, 1.165) is 32.7 Å². The van der Waals surface area contributed by atoms with Gasteiger partial charge in [0.15, 0.2) is 0 Å². The molecule has 1 saturated heterocycles. The fraction of sp³-hybridized carbons (Fsp3) is 0.889. The van der Waals surface area contributed by atoms with Crippen LogP contribution in [0.2, 0.25) is 0 Å². The predicted molar refractivity (Wildman–Crippen MR) is 50.6 cm³/mol. The number of hydrogen-bond donors (Lipinski definition) is 1. The number of nitrogens with zero attached hydrogens (tertiary/aromatic N) is 1. The molecule has 1 aliphatic heterocycles. The Hall–Kier alpha value is -0.610. The van der Waals surface area contributed by atoms with Crippen molar-refractivity contribution in [2.24, 2.45) is 0 Å². The van der Waals surface area contributed by atoms with E-state index in [2.05, 4.69) is 10.2 Å². The summed E-state index contributed by atoms with van der Waals surface area (Å²) in [5.41, 5.74) is 0. The van der Waals surface area contributed by atoms with Gasteiger partial charge < -0.3 is 10.1 Å². The maximum atomic E-state index is 10.5. The monoisotopic (exact) mass is 186 g/mol. The first-order valence-corrected chi connectivity index (χ1v) is 4.85. The van der Waals surface area contributed by atoms with Crippen molar-refractivity contribution in [3.63, 3.8) is 0 Å². The molecule has 0 aromatic heterocycles. The molecule has 1 aliphatic rings. The molecule has 0 bridgehead atoms. The van der Waals surface area contributed by atoms with E-state index in [0.29, 0.717) is 6.61 Å². The number of esters is 1. The first kappa shape index (κ1) is 10.5. The van der Waals surface area contributed by atoms with Crippen molar-refractivity contribution in [1.82, 2.24) is 10.2 Å². The molecule has 76 valence electrons. The summed E-state index contributed by atoms with van der Waals surface area (Å²) < 4.78 is 4.88. The number of ether oxygens (including phenoxy) is 1. The summed E-state index contributed by atoms with van der Waals surface area (Å²) >= 11 is 0. The van der Waals surface area contributed by atoms with E-state index in [1.54, 1.807) is 0 Å². The summed E-state index contributed by atoms with van der Waals surface area (Å²) in [5.74, 6) is -0.187. The fourth-order valence-corrected chi connectivity index (χ4v) is 1.44. The van der Waals surface area contributed by atoms with Gasteiger partial charge in [0.05, 0.1) is 0 Å². The molecule has 0 saturated carbocycles. The second-order valence-corrected chi connectivity index (χ2v) is 3.29. The Morgan fingerprint density at radius 2 is 2.31 bits per heavy atom. The van der Waals surface area contributed by atoms with Crippen LogP contribution in [0.25, 0.3) is 0 Å². The third kappa shape index (κ3) is 4.85. The molecule has 0 amide bonds. The summed E-state index contributed by atoms with van der Waals surface area (Å²) in [4.78, 5) is 12.8. The lowest BCUT2D eigenvalue weighted by atomic mass is 10.4. The summed E-state index contributed by atoms with van der Waals surface area (Å²) in [7, 11) is 0. The van der Waals surface area contributed by atoms with E-state index in [4.69, 9.17) is 4.74 Å². The molecule has 0 atom stereocenters. The van der Waals surface area contributed by atoms with Gasteiger partial charge in [-0.1, -0.05) is 0 Å². The first-order valence-electron chi connectivity index (χ1n) is 4.85. The summed E-state index contributed by atoms with van der Waals surface area (Å²) in [5, 5.41) is 3.33. The maximum Gasteiger partial charge on any atom is 0.302 e. The van der Waals surface area contributed by atoms with E-state index < -0.39 is 0 Å². The van der Waals surface area contributed by atoms with Crippen LogP contribution in [0.5, 0.6) is 0 Å². The zero-order valence-corrected chi connectivity index (χ0v) is 8.21. The van der Waals surface area contributed by atoms with Crippen LogP contribution in [0.15, 0.2) is 0 Å².